The van der Waals surface area contributed by atoms with Crippen LogP contribution >= 0.6 is 0 Å². The fourth-order valence-electron chi connectivity index (χ4n) is 3.80. The van der Waals surface area contributed by atoms with Gasteiger partial charge >= 0.3 is 0 Å². The number of Topliss-reactive ketones (excluding diaryl/α,β-unsaturated/α-hetero) is 1. The molecule has 8 heteroatoms. The molecule has 0 unspecified atom stereocenters. The summed E-state index contributed by atoms with van der Waals surface area (Å²) in [6.45, 7) is 16.4. The van der Waals surface area contributed by atoms with E-state index in [1.165, 1.54) is 5.56 Å². The monoisotopic (exact) mass is 457 g/mol. The average molecular weight is 458 g/mol. The molecule has 0 radical (unpaired) electrons. The minimum atomic E-state index is -1.84. The van der Waals surface area contributed by atoms with E-state index < -0.39 is 8.32 Å². The van der Waals surface area contributed by atoms with Gasteiger partial charge in [0.05, 0.1) is 19.1 Å². The van der Waals surface area contributed by atoms with Gasteiger partial charge in [-0.3, -0.25) is 4.79 Å². The molecule has 0 bridgehead atoms. The van der Waals surface area contributed by atoms with Gasteiger partial charge in [-0.15, -0.1) is 0 Å². The van der Waals surface area contributed by atoms with Gasteiger partial charge in [-0.05, 0) is 42.8 Å². The number of hydrogen-bond acceptors (Lipinski definition) is 6. The standard InChI is InChI=1S/C24H39N5O2Si/c1-23(2,3)32(7,8)31-15-24(4,5)12-17(30)14-29(6)22-18-10-9-11-19(18)27-21(28-22)20-13-25-16-26-20/h13,16H,9-12,14-15H2,1-8H3,(H,25,26). The maximum atomic E-state index is 13.0. The highest BCUT2D eigenvalue weighted by molar-refractivity contribution is 6.74. The number of rotatable bonds is 9. The lowest BCUT2D eigenvalue weighted by molar-refractivity contribution is -0.120. The van der Waals surface area contributed by atoms with Gasteiger partial charge in [0.25, 0.3) is 0 Å². The summed E-state index contributed by atoms with van der Waals surface area (Å²) in [6.07, 6.45) is 6.82. The molecular formula is C24H39N5O2Si. The number of likely N-dealkylation sites (N-methyl/N-ethyl adjacent to an activating group) is 1. The summed E-state index contributed by atoms with van der Waals surface area (Å²) in [5.41, 5.74) is 2.85. The summed E-state index contributed by atoms with van der Waals surface area (Å²) in [7, 11) is 0.111. The average Bonchev–Trinajstić information content (AvgIpc) is 3.35. The number of anilines is 1. The number of fused-ring (bicyclic) bond motifs is 1. The predicted octanol–water partition coefficient (Wildman–Crippen LogP) is 4.80. The number of aromatic nitrogens is 4. The topological polar surface area (TPSA) is 84.0 Å². The van der Waals surface area contributed by atoms with Gasteiger partial charge in [-0.25, -0.2) is 15.0 Å². The molecule has 32 heavy (non-hydrogen) atoms. The van der Waals surface area contributed by atoms with Crippen LogP contribution in [0, 0.1) is 5.41 Å². The first-order valence-electron chi connectivity index (χ1n) is 11.5. The Morgan fingerprint density at radius 1 is 1.19 bits per heavy atom. The lowest BCUT2D eigenvalue weighted by Crippen LogP contribution is -2.43. The van der Waals surface area contributed by atoms with Crippen LogP contribution in [-0.2, 0) is 22.1 Å². The molecular weight excluding hydrogens is 418 g/mol. The van der Waals surface area contributed by atoms with Gasteiger partial charge < -0.3 is 14.3 Å². The van der Waals surface area contributed by atoms with Crippen LogP contribution in [0.15, 0.2) is 12.5 Å². The van der Waals surface area contributed by atoms with Crippen molar-refractivity contribution >= 4 is 19.9 Å². The lowest BCUT2D eigenvalue weighted by Gasteiger charge is -2.39. The fraction of sp³-hybridized carbons (Fsp3) is 0.667. The molecule has 0 spiro atoms. The summed E-state index contributed by atoms with van der Waals surface area (Å²) < 4.78 is 6.41. The van der Waals surface area contributed by atoms with Crippen molar-refractivity contribution in [2.75, 3.05) is 25.1 Å². The molecule has 3 rings (SSSR count). The summed E-state index contributed by atoms with van der Waals surface area (Å²) in [4.78, 5) is 31.7. The van der Waals surface area contributed by atoms with Gasteiger partial charge in [0, 0.05) is 31.3 Å². The number of hydrogen-bond donors (Lipinski definition) is 1. The number of ketones is 1. The largest absolute Gasteiger partial charge is 0.416 e. The van der Waals surface area contributed by atoms with Crippen molar-refractivity contribution in [2.24, 2.45) is 5.41 Å². The molecule has 7 nitrogen and oxygen atoms in total. The Labute approximate surface area is 193 Å². The Morgan fingerprint density at radius 2 is 1.91 bits per heavy atom. The van der Waals surface area contributed by atoms with E-state index in [1.807, 2.05) is 11.9 Å². The number of aromatic amines is 1. The molecule has 0 saturated carbocycles. The molecule has 176 valence electrons. The van der Waals surface area contributed by atoms with Gasteiger partial charge in [-0.1, -0.05) is 34.6 Å². The molecule has 1 aliphatic rings. The molecule has 2 heterocycles. The van der Waals surface area contributed by atoms with Crippen LogP contribution in [-0.4, -0.2) is 54.2 Å². The van der Waals surface area contributed by atoms with E-state index in [4.69, 9.17) is 14.4 Å². The molecule has 0 aromatic carbocycles. The van der Waals surface area contributed by atoms with Crippen molar-refractivity contribution < 1.29 is 9.22 Å². The Balaban J connectivity index is 1.68. The number of carbonyl (C=O) groups is 1. The van der Waals surface area contributed by atoms with Crippen molar-refractivity contribution in [2.45, 2.75) is 78.4 Å². The van der Waals surface area contributed by atoms with Crippen molar-refractivity contribution in [3.63, 3.8) is 0 Å². The summed E-state index contributed by atoms with van der Waals surface area (Å²) in [5.74, 6) is 1.70. The number of carbonyl (C=O) groups excluding carboxylic acids is 1. The smallest absolute Gasteiger partial charge is 0.192 e. The number of nitrogens with zero attached hydrogens (tertiary/aromatic N) is 4. The first-order chi connectivity index (χ1) is 14.8. The van der Waals surface area contributed by atoms with Crippen LogP contribution in [0.5, 0.6) is 0 Å². The van der Waals surface area contributed by atoms with Crippen molar-refractivity contribution in [1.82, 2.24) is 19.9 Å². The summed E-state index contributed by atoms with van der Waals surface area (Å²) in [5, 5.41) is 0.160. The van der Waals surface area contributed by atoms with E-state index in [1.54, 1.807) is 12.5 Å². The van der Waals surface area contributed by atoms with Crippen molar-refractivity contribution in [3.8, 4) is 11.5 Å². The van der Waals surface area contributed by atoms with Crippen LogP contribution in [0.3, 0.4) is 0 Å². The quantitative estimate of drug-likeness (QED) is 0.545. The van der Waals surface area contributed by atoms with Gasteiger partial charge in [0.2, 0.25) is 0 Å². The van der Waals surface area contributed by atoms with E-state index in [9.17, 15) is 4.79 Å². The Morgan fingerprint density at radius 3 is 2.53 bits per heavy atom. The maximum absolute atomic E-state index is 13.0. The van der Waals surface area contributed by atoms with E-state index in [2.05, 4.69) is 57.7 Å². The van der Waals surface area contributed by atoms with Gasteiger partial charge in [-0.2, -0.15) is 0 Å². The Hall–Kier alpha value is -2.06. The first-order valence-corrected chi connectivity index (χ1v) is 14.5. The highest BCUT2D eigenvalue weighted by Crippen LogP contribution is 2.38. The molecule has 2 aromatic heterocycles. The molecule has 0 amide bonds. The number of H-pyrrole nitrogens is 1. The minimum absolute atomic E-state index is 0.160. The van der Waals surface area contributed by atoms with Crippen molar-refractivity contribution in [3.05, 3.63) is 23.8 Å². The Bertz CT molecular complexity index is 948. The highest BCUT2D eigenvalue weighted by Gasteiger charge is 2.38. The van der Waals surface area contributed by atoms with E-state index in [0.29, 0.717) is 25.4 Å². The molecule has 1 aliphatic carbocycles. The second-order valence-corrected chi connectivity index (χ2v) is 16.2. The van der Waals surface area contributed by atoms with Crippen LogP contribution < -0.4 is 4.90 Å². The zero-order valence-corrected chi connectivity index (χ0v) is 22.0. The Kier molecular flexibility index (Phi) is 6.96. The van der Waals surface area contributed by atoms with Crippen LogP contribution in [0.1, 0.15) is 58.7 Å². The van der Waals surface area contributed by atoms with Gasteiger partial charge in [0.1, 0.15) is 11.5 Å². The van der Waals surface area contributed by atoms with Crippen LogP contribution in [0.2, 0.25) is 18.1 Å². The molecule has 0 aliphatic heterocycles. The van der Waals surface area contributed by atoms with Crippen LogP contribution in [0.25, 0.3) is 11.5 Å². The third-order valence-corrected chi connectivity index (χ3v) is 11.2. The van der Waals surface area contributed by atoms with E-state index in [0.717, 1.165) is 36.5 Å². The normalized spacial score (nSPS) is 14.5. The summed E-state index contributed by atoms with van der Waals surface area (Å²) in [6, 6.07) is 0. The van der Waals surface area contributed by atoms with Crippen molar-refractivity contribution in [1.29, 1.82) is 0 Å². The molecule has 0 fully saturated rings. The SMILES string of the molecule is CN(CC(=O)CC(C)(C)CO[Si](C)(C)C(C)(C)C)c1nc(-c2cnc[nH]2)nc2c1CCC2. The third kappa shape index (κ3) is 5.64. The van der Waals surface area contributed by atoms with Crippen LogP contribution in [0.4, 0.5) is 5.82 Å². The zero-order valence-electron chi connectivity index (χ0n) is 21.0. The molecule has 0 saturated heterocycles. The van der Waals surface area contributed by atoms with E-state index in [-0.39, 0.29) is 16.2 Å². The highest BCUT2D eigenvalue weighted by atomic mass is 28.4. The third-order valence-electron chi connectivity index (χ3n) is 6.73. The summed E-state index contributed by atoms with van der Waals surface area (Å²) >= 11 is 0. The molecule has 1 N–H and O–H groups in total. The molecule has 2 aromatic rings. The number of imidazole rings is 1. The molecule has 0 atom stereocenters. The number of aryl methyl sites for hydroxylation is 1. The fourth-order valence-corrected chi connectivity index (χ4v) is 4.98. The predicted molar refractivity (Wildman–Crippen MR) is 131 cm³/mol. The van der Waals surface area contributed by atoms with Gasteiger partial charge in [0.15, 0.2) is 19.9 Å². The minimum Gasteiger partial charge on any atom is -0.416 e. The second-order valence-electron chi connectivity index (χ2n) is 11.4. The maximum Gasteiger partial charge on any atom is 0.192 e. The lowest BCUT2D eigenvalue weighted by atomic mass is 9.88. The second kappa shape index (κ2) is 9.06. The zero-order chi connectivity index (χ0) is 23.7. The van der Waals surface area contributed by atoms with E-state index >= 15 is 0 Å². The first kappa shape index (κ1) is 24.6. The number of nitrogens with one attached hydrogen (secondary N) is 1.